The van der Waals surface area contributed by atoms with Crippen LogP contribution in [0, 0.1) is 5.92 Å². The maximum atomic E-state index is 12.3. The molecule has 0 aliphatic carbocycles. The second-order valence-electron chi connectivity index (χ2n) is 6.03. The predicted octanol–water partition coefficient (Wildman–Crippen LogP) is 1.17. The molecule has 0 saturated carbocycles. The average molecular weight is 303 g/mol. The fraction of sp³-hybridized carbons (Fsp3) is 0.529. The third-order valence-electron chi connectivity index (χ3n) is 4.60. The summed E-state index contributed by atoms with van der Waals surface area (Å²) in [6.45, 7) is 2.96. The van der Waals surface area contributed by atoms with Gasteiger partial charge >= 0.3 is 0 Å². The molecule has 4 N–H and O–H groups in total. The van der Waals surface area contributed by atoms with E-state index in [4.69, 9.17) is 11.5 Å². The van der Waals surface area contributed by atoms with E-state index in [0.29, 0.717) is 24.4 Å². The number of carbonyl (C=O) groups excluding carboxylic acids is 2. The first-order chi connectivity index (χ1) is 10.5. The summed E-state index contributed by atoms with van der Waals surface area (Å²) in [7, 11) is 0. The fourth-order valence-corrected chi connectivity index (χ4v) is 3.15. The van der Waals surface area contributed by atoms with Crippen molar-refractivity contribution in [3.8, 4) is 0 Å². The minimum atomic E-state index is -0.399. The van der Waals surface area contributed by atoms with Crippen molar-refractivity contribution in [2.75, 3.05) is 13.1 Å². The molecular formula is C17H25N3O2. The first-order valence-electron chi connectivity index (χ1n) is 7.90. The average Bonchev–Trinajstić information content (AvgIpc) is 2.55. The lowest BCUT2D eigenvalue weighted by atomic mass is 9.84. The van der Waals surface area contributed by atoms with Crippen LogP contribution >= 0.6 is 0 Å². The molecule has 120 valence electrons. The molecule has 1 heterocycles. The molecule has 1 saturated heterocycles. The molecule has 2 unspecified atom stereocenters. The highest BCUT2D eigenvalue weighted by atomic mass is 16.1. The molecule has 1 aromatic rings. The predicted molar refractivity (Wildman–Crippen MR) is 86.3 cm³/mol. The summed E-state index contributed by atoms with van der Waals surface area (Å²) in [5, 5.41) is 0. The van der Waals surface area contributed by atoms with Crippen LogP contribution in [0.3, 0.4) is 0 Å². The Morgan fingerprint density at radius 3 is 2.59 bits per heavy atom. The van der Waals surface area contributed by atoms with Gasteiger partial charge in [0.15, 0.2) is 5.78 Å². The van der Waals surface area contributed by atoms with Crippen LogP contribution < -0.4 is 11.5 Å². The molecule has 0 bridgehead atoms. The first-order valence-corrected chi connectivity index (χ1v) is 7.90. The van der Waals surface area contributed by atoms with Gasteiger partial charge in [0.25, 0.3) is 0 Å². The lowest BCUT2D eigenvalue weighted by Crippen LogP contribution is -2.53. The Morgan fingerprint density at radius 1 is 1.32 bits per heavy atom. The minimum absolute atomic E-state index is 0.0186. The smallest absolute Gasteiger partial charge is 0.234 e. The van der Waals surface area contributed by atoms with Crippen molar-refractivity contribution in [3.05, 3.63) is 35.9 Å². The van der Waals surface area contributed by atoms with Gasteiger partial charge in [-0.2, -0.15) is 0 Å². The van der Waals surface area contributed by atoms with Gasteiger partial charge in [0.05, 0.1) is 12.6 Å². The number of benzene rings is 1. The van der Waals surface area contributed by atoms with Gasteiger partial charge in [-0.05, 0) is 31.7 Å². The number of Topliss-reactive ketones (excluding diaryl/α,β-unsaturated/α-hetero) is 1. The number of amides is 1. The van der Waals surface area contributed by atoms with Crippen molar-refractivity contribution in [2.24, 2.45) is 17.4 Å². The SMILES string of the molecule is CC[C@H](N)C1CCN(CC(=O)c2ccccc2)C(C(N)=O)C1. The Bertz CT molecular complexity index is 518. The number of piperidine rings is 1. The number of carbonyl (C=O) groups is 2. The molecule has 3 atom stereocenters. The van der Waals surface area contributed by atoms with Gasteiger partial charge in [-0.15, -0.1) is 0 Å². The normalized spacial score (nSPS) is 23.9. The third-order valence-corrected chi connectivity index (χ3v) is 4.60. The van der Waals surface area contributed by atoms with Gasteiger partial charge in [0, 0.05) is 11.6 Å². The van der Waals surface area contributed by atoms with Crippen molar-refractivity contribution >= 4 is 11.7 Å². The van der Waals surface area contributed by atoms with E-state index in [2.05, 4.69) is 6.92 Å². The summed E-state index contributed by atoms with van der Waals surface area (Å²) in [5.74, 6) is -0.0514. The highest BCUT2D eigenvalue weighted by molar-refractivity contribution is 5.98. The van der Waals surface area contributed by atoms with E-state index < -0.39 is 6.04 Å². The first kappa shape index (κ1) is 16.6. The Labute approximate surface area is 131 Å². The molecule has 5 nitrogen and oxygen atoms in total. The van der Waals surface area contributed by atoms with Crippen LogP contribution in [0.15, 0.2) is 30.3 Å². The summed E-state index contributed by atoms with van der Waals surface area (Å²) in [6.07, 6.45) is 2.44. The second-order valence-corrected chi connectivity index (χ2v) is 6.03. The number of ketones is 1. The van der Waals surface area contributed by atoms with Crippen LogP contribution in [0.1, 0.15) is 36.5 Å². The molecule has 22 heavy (non-hydrogen) atoms. The van der Waals surface area contributed by atoms with Crippen LogP contribution in [0.5, 0.6) is 0 Å². The maximum absolute atomic E-state index is 12.3. The fourth-order valence-electron chi connectivity index (χ4n) is 3.15. The van der Waals surface area contributed by atoms with E-state index in [1.54, 1.807) is 12.1 Å². The minimum Gasteiger partial charge on any atom is -0.368 e. The molecule has 1 fully saturated rings. The second kappa shape index (κ2) is 7.51. The van der Waals surface area contributed by atoms with Crippen LogP contribution in [0.25, 0.3) is 0 Å². The van der Waals surface area contributed by atoms with Crippen LogP contribution in [-0.2, 0) is 4.79 Å². The van der Waals surface area contributed by atoms with Crippen LogP contribution in [-0.4, -0.2) is 41.8 Å². The molecule has 1 aliphatic rings. The van der Waals surface area contributed by atoms with Gasteiger partial charge in [0.1, 0.15) is 0 Å². The van der Waals surface area contributed by atoms with Gasteiger partial charge in [-0.25, -0.2) is 0 Å². The summed E-state index contributed by atoms with van der Waals surface area (Å²) in [5.41, 5.74) is 12.3. The van der Waals surface area contributed by atoms with E-state index in [9.17, 15) is 9.59 Å². The zero-order chi connectivity index (χ0) is 16.1. The number of nitrogens with two attached hydrogens (primary N) is 2. The van der Waals surface area contributed by atoms with Gasteiger partial charge in [0.2, 0.25) is 5.91 Å². The van der Waals surface area contributed by atoms with Crippen molar-refractivity contribution in [3.63, 3.8) is 0 Å². The highest BCUT2D eigenvalue weighted by Crippen LogP contribution is 2.26. The molecule has 1 amide bonds. The van der Waals surface area contributed by atoms with Gasteiger partial charge < -0.3 is 11.5 Å². The van der Waals surface area contributed by atoms with Crippen molar-refractivity contribution in [2.45, 2.75) is 38.3 Å². The molecular weight excluding hydrogens is 278 g/mol. The monoisotopic (exact) mass is 303 g/mol. The standard InChI is InChI=1S/C17H25N3O2/c1-2-14(18)13-8-9-20(15(10-13)17(19)22)11-16(21)12-6-4-3-5-7-12/h3-7,13-15H,2,8-11,18H2,1H3,(H2,19,22)/t13?,14-,15?/m0/s1. The number of primary amides is 1. The quantitative estimate of drug-likeness (QED) is 0.772. The van der Waals surface area contributed by atoms with Crippen molar-refractivity contribution < 1.29 is 9.59 Å². The molecule has 0 radical (unpaired) electrons. The maximum Gasteiger partial charge on any atom is 0.234 e. The van der Waals surface area contributed by atoms with E-state index in [1.165, 1.54) is 0 Å². The zero-order valence-electron chi connectivity index (χ0n) is 13.1. The van der Waals surface area contributed by atoms with Gasteiger partial charge in [-0.1, -0.05) is 37.3 Å². The molecule has 0 spiro atoms. The largest absolute Gasteiger partial charge is 0.368 e. The van der Waals surface area contributed by atoms with Crippen LogP contribution in [0.2, 0.25) is 0 Å². The van der Waals surface area contributed by atoms with E-state index >= 15 is 0 Å². The lowest BCUT2D eigenvalue weighted by molar-refractivity contribution is -0.125. The number of hydrogen-bond acceptors (Lipinski definition) is 4. The Morgan fingerprint density at radius 2 is 2.00 bits per heavy atom. The van der Waals surface area contributed by atoms with E-state index in [0.717, 1.165) is 12.8 Å². The van der Waals surface area contributed by atoms with E-state index in [-0.39, 0.29) is 24.3 Å². The number of likely N-dealkylation sites (tertiary alicyclic amines) is 1. The third kappa shape index (κ3) is 3.93. The molecule has 2 rings (SSSR count). The Kier molecular flexibility index (Phi) is 5.69. The summed E-state index contributed by atoms with van der Waals surface area (Å²) in [4.78, 5) is 26.0. The zero-order valence-corrected chi connectivity index (χ0v) is 13.1. The summed E-state index contributed by atoms with van der Waals surface area (Å²) in [6, 6.07) is 8.83. The van der Waals surface area contributed by atoms with E-state index in [1.807, 2.05) is 23.1 Å². The Hall–Kier alpha value is -1.72. The lowest BCUT2D eigenvalue weighted by Gasteiger charge is -2.39. The molecule has 1 aliphatic heterocycles. The molecule has 0 aromatic heterocycles. The highest BCUT2D eigenvalue weighted by Gasteiger charge is 2.35. The summed E-state index contributed by atoms with van der Waals surface area (Å²) >= 11 is 0. The topological polar surface area (TPSA) is 89.4 Å². The number of rotatable bonds is 6. The van der Waals surface area contributed by atoms with Gasteiger partial charge in [-0.3, -0.25) is 14.5 Å². The molecule has 1 aromatic carbocycles. The van der Waals surface area contributed by atoms with Crippen molar-refractivity contribution in [1.82, 2.24) is 4.90 Å². The number of hydrogen-bond donors (Lipinski definition) is 2. The number of nitrogens with zero attached hydrogens (tertiary/aromatic N) is 1. The summed E-state index contributed by atoms with van der Waals surface area (Å²) < 4.78 is 0. The molecule has 5 heteroatoms. The Balaban J connectivity index is 2.04. The van der Waals surface area contributed by atoms with Crippen molar-refractivity contribution in [1.29, 1.82) is 0 Å². The van der Waals surface area contributed by atoms with Crippen LogP contribution in [0.4, 0.5) is 0 Å².